The van der Waals surface area contributed by atoms with Crippen LogP contribution in [0.4, 0.5) is 13.2 Å². The van der Waals surface area contributed by atoms with Gasteiger partial charge in [-0.15, -0.1) is 0 Å². The first-order valence-corrected chi connectivity index (χ1v) is 9.87. The fourth-order valence-electron chi connectivity index (χ4n) is 2.90. The van der Waals surface area contributed by atoms with Gasteiger partial charge in [0, 0.05) is 12.7 Å². The average molecular weight is 432 g/mol. The number of amides is 1. The maximum atomic E-state index is 12.7. The van der Waals surface area contributed by atoms with Crippen molar-refractivity contribution in [1.82, 2.24) is 20.1 Å². The Kier molecular flexibility index (Phi) is 6.94. The fraction of sp³-hybridized carbons (Fsp3) is 0.318. The van der Waals surface area contributed by atoms with Gasteiger partial charge in [-0.3, -0.25) is 4.79 Å². The third-order valence-corrected chi connectivity index (χ3v) is 4.66. The van der Waals surface area contributed by atoms with E-state index in [0.29, 0.717) is 24.4 Å². The predicted octanol–water partition coefficient (Wildman–Crippen LogP) is 4.70. The molecule has 0 bridgehead atoms. The molecule has 164 valence electrons. The molecule has 0 aliphatic heterocycles. The standard InChI is InChI=1S/C22H23F3N4O2/c1-3-4-10-31-18-7-5-6-16(11-18)12-27-21(30)19-14-28-29(15(19)2)20-9-8-17(13-26-20)22(23,24)25/h5-9,11,13-14H,3-4,10,12H2,1-2H3,(H,27,30). The van der Waals surface area contributed by atoms with E-state index in [-0.39, 0.29) is 11.7 Å². The number of ether oxygens (including phenoxy) is 1. The Morgan fingerprint density at radius 3 is 2.68 bits per heavy atom. The summed E-state index contributed by atoms with van der Waals surface area (Å²) in [7, 11) is 0. The summed E-state index contributed by atoms with van der Waals surface area (Å²) in [4.78, 5) is 16.4. The summed E-state index contributed by atoms with van der Waals surface area (Å²) in [6, 6.07) is 9.63. The summed E-state index contributed by atoms with van der Waals surface area (Å²) >= 11 is 0. The van der Waals surface area contributed by atoms with Gasteiger partial charge in [-0.2, -0.15) is 18.3 Å². The molecule has 1 amide bonds. The van der Waals surface area contributed by atoms with Crippen molar-refractivity contribution in [2.45, 2.75) is 39.4 Å². The number of hydrogen-bond acceptors (Lipinski definition) is 4. The molecule has 1 N–H and O–H groups in total. The molecule has 0 saturated carbocycles. The lowest BCUT2D eigenvalue weighted by molar-refractivity contribution is -0.137. The molecular weight excluding hydrogens is 409 g/mol. The van der Waals surface area contributed by atoms with Gasteiger partial charge in [0.15, 0.2) is 5.82 Å². The first-order chi connectivity index (χ1) is 14.8. The zero-order valence-electron chi connectivity index (χ0n) is 17.2. The predicted molar refractivity (Wildman–Crippen MR) is 109 cm³/mol. The summed E-state index contributed by atoms with van der Waals surface area (Å²) in [6.45, 7) is 4.69. The van der Waals surface area contributed by atoms with Crippen LogP contribution in [0.3, 0.4) is 0 Å². The maximum absolute atomic E-state index is 12.7. The van der Waals surface area contributed by atoms with Gasteiger partial charge in [-0.1, -0.05) is 25.5 Å². The number of benzene rings is 1. The third kappa shape index (κ3) is 5.62. The molecule has 3 aromatic rings. The number of aromatic nitrogens is 3. The molecule has 2 aromatic heterocycles. The largest absolute Gasteiger partial charge is 0.494 e. The molecule has 0 radical (unpaired) electrons. The molecule has 6 nitrogen and oxygen atoms in total. The van der Waals surface area contributed by atoms with Crippen molar-refractivity contribution in [3.05, 3.63) is 71.2 Å². The van der Waals surface area contributed by atoms with Crippen LogP contribution in [-0.4, -0.2) is 27.3 Å². The highest BCUT2D eigenvalue weighted by Crippen LogP contribution is 2.28. The third-order valence-electron chi connectivity index (χ3n) is 4.66. The number of rotatable bonds is 8. The van der Waals surface area contributed by atoms with Crippen molar-refractivity contribution in [3.63, 3.8) is 0 Å². The Morgan fingerprint density at radius 2 is 2.00 bits per heavy atom. The highest BCUT2D eigenvalue weighted by atomic mass is 19.4. The summed E-state index contributed by atoms with van der Waals surface area (Å²) in [5, 5.41) is 6.93. The molecular formula is C22H23F3N4O2. The molecule has 3 rings (SSSR count). The highest BCUT2D eigenvalue weighted by Gasteiger charge is 2.30. The highest BCUT2D eigenvalue weighted by molar-refractivity contribution is 5.95. The Balaban J connectivity index is 1.66. The molecule has 31 heavy (non-hydrogen) atoms. The van der Waals surface area contributed by atoms with Crippen LogP contribution in [0.2, 0.25) is 0 Å². The first-order valence-electron chi connectivity index (χ1n) is 9.87. The fourth-order valence-corrected chi connectivity index (χ4v) is 2.90. The Hall–Kier alpha value is -3.36. The lowest BCUT2D eigenvalue weighted by Crippen LogP contribution is -2.23. The molecule has 0 aliphatic rings. The molecule has 0 unspecified atom stereocenters. The minimum absolute atomic E-state index is 0.196. The second-order valence-corrected chi connectivity index (χ2v) is 6.99. The van der Waals surface area contributed by atoms with Crippen molar-refractivity contribution in [1.29, 1.82) is 0 Å². The second kappa shape index (κ2) is 9.63. The summed E-state index contributed by atoms with van der Waals surface area (Å²) in [5.74, 6) is 0.604. The summed E-state index contributed by atoms with van der Waals surface area (Å²) in [5.41, 5.74) is 0.829. The number of carbonyl (C=O) groups is 1. The monoisotopic (exact) mass is 432 g/mol. The van der Waals surface area contributed by atoms with Crippen LogP contribution < -0.4 is 10.1 Å². The van der Waals surface area contributed by atoms with E-state index in [1.165, 1.54) is 16.9 Å². The Morgan fingerprint density at radius 1 is 1.19 bits per heavy atom. The van der Waals surface area contributed by atoms with Crippen molar-refractivity contribution >= 4 is 5.91 Å². The number of hydrogen-bond donors (Lipinski definition) is 1. The Labute approximate surface area is 178 Å². The van der Waals surface area contributed by atoms with Crippen molar-refractivity contribution in [2.75, 3.05) is 6.61 Å². The van der Waals surface area contributed by atoms with Gasteiger partial charge in [0.25, 0.3) is 5.91 Å². The van der Waals surface area contributed by atoms with Crippen LogP contribution in [0.5, 0.6) is 5.75 Å². The number of carbonyl (C=O) groups excluding carboxylic acids is 1. The van der Waals surface area contributed by atoms with Crippen LogP contribution in [0.15, 0.2) is 48.8 Å². The van der Waals surface area contributed by atoms with E-state index in [4.69, 9.17) is 4.74 Å². The van der Waals surface area contributed by atoms with Gasteiger partial charge in [0.2, 0.25) is 0 Å². The van der Waals surface area contributed by atoms with E-state index in [0.717, 1.165) is 36.4 Å². The zero-order valence-corrected chi connectivity index (χ0v) is 17.2. The van der Waals surface area contributed by atoms with Gasteiger partial charge in [-0.25, -0.2) is 9.67 Å². The molecule has 0 aliphatic carbocycles. The molecule has 0 saturated heterocycles. The lowest BCUT2D eigenvalue weighted by atomic mass is 10.2. The normalized spacial score (nSPS) is 11.4. The zero-order chi connectivity index (χ0) is 22.4. The number of halogens is 3. The Bertz CT molecular complexity index is 1030. The van der Waals surface area contributed by atoms with Crippen LogP contribution >= 0.6 is 0 Å². The van der Waals surface area contributed by atoms with Crippen molar-refractivity contribution in [2.24, 2.45) is 0 Å². The lowest BCUT2D eigenvalue weighted by Gasteiger charge is -2.09. The minimum Gasteiger partial charge on any atom is -0.494 e. The molecule has 0 fully saturated rings. The van der Waals surface area contributed by atoms with E-state index in [9.17, 15) is 18.0 Å². The van der Waals surface area contributed by atoms with Crippen LogP contribution in [0, 0.1) is 6.92 Å². The van der Waals surface area contributed by atoms with Gasteiger partial charge >= 0.3 is 6.18 Å². The number of nitrogens with one attached hydrogen (secondary N) is 1. The van der Waals surface area contributed by atoms with Gasteiger partial charge < -0.3 is 10.1 Å². The second-order valence-electron chi connectivity index (χ2n) is 6.99. The number of nitrogens with zero attached hydrogens (tertiary/aromatic N) is 3. The molecule has 0 atom stereocenters. The molecule has 2 heterocycles. The van der Waals surface area contributed by atoms with Gasteiger partial charge in [0.05, 0.1) is 29.6 Å². The van der Waals surface area contributed by atoms with E-state index in [2.05, 4.69) is 22.3 Å². The number of pyridine rings is 1. The first kappa shape index (κ1) is 22.3. The topological polar surface area (TPSA) is 69.0 Å². The van der Waals surface area contributed by atoms with Crippen LogP contribution in [0.1, 0.15) is 46.9 Å². The molecule has 1 aromatic carbocycles. The quantitative estimate of drug-likeness (QED) is 0.524. The molecule has 0 spiro atoms. The maximum Gasteiger partial charge on any atom is 0.417 e. The van der Waals surface area contributed by atoms with Crippen LogP contribution in [0.25, 0.3) is 5.82 Å². The number of unbranched alkanes of at least 4 members (excludes halogenated alkanes) is 1. The smallest absolute Gasteiger partial charge is 0.417 e. The average Bonchev–Trinajstić information content (AvgIpc) is 3.13. The van der Waals surface area contributed by atoms with E-state index < -0.39 is 11.7 Å². The van der Waals surface area contributed by atoms with E-state index in [1.54, 1.807) is 6.92 Å². The van der Waals surface area contributed by atoms with E-state index >= 15 is 0 Å². The van der Waals surface area contributed by atoms with Gasteiger partial charge in [-0.05, 0) is 43.2 Å². The SMILES string of the molecule is CCCCOc1cccc(CNC(=O)c2cnn(-c3ccc(C(F)(F)F)cn3)c2C)c1. The van der Waals surface area contributed by atoms with Gasteiger partial charge in [0.1, 0.15) is 5.75 Å². The summed E-state index contributed by atoms with van der Waals surface area (Å²) < 4.78 is 45.2. The number of alkyl halides is 3. The van der Waals surface area contributed by atoms with Crippen molar-refractivity contribution < 1.29 is 22.7 Å². The minimum atomic E-state index is -4.46. The van der Waals surface area contributed by atoms with E-state index in [1.807, 2.05) is 24.3 Å². The van der Waals surface area contributed by atoms with Crippen LogP contribution in [-0.2, 0) is 12.7 Å². The van der Waals surface area contributed by atoms with Crippen molar-refractivity contribution in [3.8, 4) is 11.6 Å². The summed E-state index contributed by atoms with van der Waals surface area (Å²) in [6.07, 6.45) is -0.336. The molecule has 9 heteroatoms.